The second kappa shape index (κ2) is 17.5. The highest BCUT2D eigenvalue weighted by molar-refractivity contribution is 5.79. The van der Waals surface area contributed by atoms with Crippen LogP contribution in [0.25, 0.3) is 0 Å². The molecule has 224 valence electrons. The molecule has 0 aliphatic heterocycles. The molecule has 0 spiro atoms. The van der Waals surface area contributed by atoms with Crippen molar-refractivity contribution in [2.24, 2.45) is 21.8 Å². The van der Waals surface area contributed by atoms with E-state index in [1.54, 1.807) is 0 Å². The molecule has 0 aliphatic carbocycles. The minimum absolute atomic E-state index is 0.169. The molecule has 6 nitrogen and oxygen atoms in total. The second-order valence-electron chi connectivity index (χ2n) is 11.8. The molecule has 0 heterocycles. The molecule has 0 amide bonds. The normalized spacial score (nSPS) is 14.9. The van der Waals surface area contributed by atoms with Crippen molar-refractivity contribution in [1.82, 2.24) is 0 Å². The van der Waals surface area contributed by atoms with Crippen LogP contribution in [-0.4, -0.2) is 50.7 Å². The van der Waals surface area contributed by atoms with Crippen LogP contribution >= 0.6 is 0 Å². The Hall–Kier alpha value is -3.28. The van der Waals surface area contributed by atoms with E-state index in [-0.39, 0.29) is 23.8 Å². The van der Waals surface area contributed by atoms with Crippen LogP contribution in [0.2, 0.25) is 0 Å². The lowest BCUT2D eigenvalue weighted by Gasteiger charge is -2.15. The summed E-state index contributed by atoms with van der Waals surface area (Å²) in [6, 6.07) is 16.1. The SMILES string of the molecule is COC(=O)C(CCCC(N=CC(C)Cc1ccc(C(C)C)cc1)C(=O)OC)N=CC(C)Cc1ccc(C(C)C)cc1. The summed E-state index contributed by atoms with van der Waals surface area (Å²) in [5.74, 6) is 0.605. The lowest BCUT2D eigenvalue weighted by Crippen LogP contribution is -2.24. The van der Waals surface area contributed by atoms with Gasteiger partial charge in [0, 0.05) is 12.4 Å². The van der Waals surface area contributed by atoms with E-state index in [1.807, 2.05) is 12.4 Å². The minimum atomic E-state index is -0.610. The Kier molecular flexibility index (Phi) is 14.5. The standard InChI is InChI=1S/C35H50N2O4/c1-24(2)30-16-12-28(13-17-30)20-26(5)22-36-32(34(38)40-7)10-9-11-33(35(39)41-8)37-23-27(6)21-29-14-18-31(19-15-29)25(3)4/h12-19,22-27,32-33H,9-11,20-21H2,1-8H3. The van der Waals surface area contributed by atoms with Crippen LogP contribution in [-0.2, 0) is 31.9 Å². The number of hydrogen-bond acceptors (Lipinski definition) is 6. The molecule has 6 heteroatoms. The van der Waals surface area contributed by atoms with Gasteiger partial charge < -0.3 is 9.47 Å². The molecule has 4 unspecified atom stereocenters. The van der Waals surface area contributed by atoms with Crippen LogP contribution in [0.1, 0.15) is 94.9 Å². The summed E-state index contributed by atoms with van der Waals surface area (Å²) < 4.78 is 10.0. The molecule has 0 saturated carbocycles. The van der Waals surface area contributed by atoms with Crippen molar-refractivity contribution in [2.45, 2.75) is 97.6 Å². The van der Waals surface area contributed by atoms with E-state index in [4.69, 9.17) is 9.47 Å². The number of methoxy groups -OCH3 is 2. The van der Waals surface area contributed by atoms with Gasteiger partial charge in [-0.3, -0.25) is 9.98 Å². The van der Waals surface area contributed by atoms with E-state index in [1.165, 1.54) is 36.5 Å². The molecule has 2 rings (SSSR count). The highest BCUT2D eigenvalue weighted by Crippen LogP contribution is 2.18. The van der Waals surface area contributed by atoms with Crippen molar-refractivity contribution in [3.05, 3.63) is 70.8 Å². The Morgan fingerprint density at radius 2 is 0.976 bits per heavy atom. The number of hydrogen-bond donors (Lipinski definition) is 0. The molecule has 0 aromatic heterocycles. The zero-order chi connectivity index (χ0) is 30.4. The summed E-state index contributed by atoms with van der Waals surface area (Å²) in [7, 11) is 2.76. The second-order valence-corrected chi connectivity index (χ2v) is 11.8. The summed E-state index contributed by atoms with van der Waals surface area (Å²) in [6.07, 6.45) is 6.92. The third-order valence-corrected chi connectivity index (χ3v) is 7.35. The predicted molar refractivity (Wildman–Crippen MR) is 169 cm³/mol. The first-order valence-corrected chi connectivity index (χ1v) is 14.9. The van der Waals surface area contributed by atoms with Crippen molar-refractivity contribution in [3.8, 4) is 0 Å². The maximum atomic E-state index is 12.4. The summed E-state index contributed by atoms with van der Waals surface area (Å²) >= 11 is 0. The highest BCUT2D eigenvalue weighted by Gasteiger charge is 2.22. The van der Waals surface area contributed by atoms with Gasteiger partial charge in [-0.1, -0.05) is 90.1 Å². The van der Waals surface area contributed by atoms with Gasteiger partial charge in [0.25, 0.3) is 0 Å². The topological polar surface area (TPSA) is 77.3 Å². The molecule has 0 N–H and O–H groups in total. The molecule has 4 atom stereocenters. The molecule has 2 aromatic carbocycles. The molecule has 0 radical (unpaired) electrons. The minimum Gasteiger partial charge on any atom is -0.467 e. The lowest BCUT2D eigenvalue weighted by molar-refractivity contribution is -0.142. The van der Waals surface area contributed by atoms with Crippen molar-refractivity contribution in [2.75, 3.05) is 14.2 Å². The number of rotatable bonds is 16. The van der Waals surface area contributed by atoms with Gasteiger partial charge in [-0.05, 0) is 78.0 Å². The van der Waals surface area contributed by atoms with Crippen molar-refractivity contribution in [1.29, 1.82) is 0 Å². The number of aliphatic imine (C=N–C) groups is 2. The summed E-state index contributed by atoms with van der Waals surface area (Å²) in [5, 5.41) is 0. The van der Waals surface area contributed by atoms with Crippen LogP contribution in [0, 0.1) is 11.8 Å². The monoisotopic (exact) mass is 562 g/mol. The van der Waals surface area contributed by atoms with Gasteiger partial charge in [0.15, 0.2) is 0 Å². The molecule has 2 aromatic rings. The fraction of sp³-hybridized carbons (Fsp3) is 0.543. The molecular formula is C35H50N2O4. The van der Waals surface area contributed by atoms with Gasteiger partial charge in [0.2, 0.25) is 0 Å². The van der Waals surface area contributed by atoms with E-state index in [0.717, 1.165) is 12.8 Å². The first-order chi connectivity index (χ1) is 19.5. The number of carbonyl (C=O) groups excluding carboxylic acids is 2. The van der Waals surface area contributed by atoms with Crippen LogP contribution < -0.4 is 0 Å². The zero-order valence-electron chi connectivity index (χ0n) is 26.3. The fourth-order valence-electron chi connectivity index (χ4n) is 4.71. The number of nitrogens with zero attached hydrogens (tertiary/aromatic N) is 2. The molecular weight excluding hydrogens is 512 g/mol. The zero-order valence-corrected chi connectivity index (χ0v) is 26.3. The van der Waals surface area contributed by atoms with Crippen molar-refractivity contribution >= 4 is 24.4 Å². The first-order valence-electron chi connectivity index (χ1n) is 14.9. The Morgan fingerprint density at radius 3 is 1.27 bits per heavy atom. The number of benzene rings is 2. The van der Waals surface area contributed by atoms with Gasteiger partial charge in [-0.2, -0.15) is 0 Å². The molecule has 0 aliphatic rings. The van der Waals surface area contributed by atoms with Crippen molar-refractivity contribution < 1.29 is 19.1 Å². The third kappa shape index (κ3) is 12.0. The number of carbonyl (C=O) groups is 2. The molecule has 0 saturated heterocycles. The molecule has 0 bridgehead atoms. The fourth-order valence-corrected chi connectivity index (χ4v) is 4.71. The molecule has 0 fully saturated rings. The molecule has 41 heavy (non-hydrogen) atoms. The quantitative estimate of drug-likeness (QED) is 0.158. The van der Waals surface area contributed by atoms with E-state index < -0.39 is 12.1 Å². The average molecular weight is 563 g/mol. The van der Waals surface area contributed by atoms with E-state index in [0.29, 0.717) is 31.1 Å². The van der Waals surface area contributed by atoms with Gasteiger partial charge in [-0.15, -0.1) is 0 Å². The van der Waals surface area contributed by atoms with E-state index in [2.05, 4.69) is 100 Å². The number of ether oxygens (including phenoxy) is 2. The first kappa shape index (κ1) is 33.9. The lowest BCUT2D eigenvalue weighted by atomic mass is 9.97. The van der Waals surface area contributed by atoms with Crippen LogP contribution in [0.3, 0.4) is 0 Å². The van der Waals surface area contributed by atoms with Crippen molar-refractivity contribution in [3.63, 3.8) is 0 Å². The van der Waals surface area contributed by atoms with Gasteiger partial charge in [-0.25, -0.2) is 9.59 Å². The van der Waals surface area contributed by atoms with Gasteiger partial charge in [0.1, 0.15) is 12.1 Å². The van der Waals surface area contributed by atoms with Gasteiger partial charge in [0.05, 0.1) is 14.2 Å². The smallest absolute Gasteiger partial charge is 0.330 e. The van der Waals surface area contributed by atoms with Gasteiger partial charge >= 0.3 is 11.9 Å². The Labute approximate surface area is 247 Å². The highest BCUT2D eigenvalue weighted by atomic mass is 16.5. The third-order valence-electron chi connectivity index (χ3n) is 7.35. The van der Waals surface area contributed by atoms with E-state index in [9.17, 15) is 9.59 Å². The van der Waals surface area contributed by atoms with E-state index >= 15 is 0 Å². The largest absolute Gasteiger partial charge is 0.467 e. The Balaban J connectivity index is 1.94. The maximum Gasteiger partial charge on any atom is 0.330 e. The van der Waals surface area contributed by atoms with Crippen LogP contribution in [0.15, 0.2) is 58.5 Å². The summed E-state index contributed by atoms with van der Waals surface area (Å²) in [6.45, 7) is 12.9. The van der Waals surface area contributed by atoms with Crippen LogP contribution in [0.4, 0.5) is 0 Å². The predicted octanol–water partition coefficient (Wildman–Crippen LogP) is 7.39. The Bertz CT molecular complexity index is 1030. The average Bonchev–Trinajstić information content (AvgIpc) is 2.96. The summed E-state index contributed by atoms with van der Waals surface area (Å²) in [4.78, 5) is 34.0. The maximum absolute atomic E-state index is 12.4. The van der Waals surface area contributed by atoms with Crippen LogP contribution in [0.5, 0.6) is 0 Å². The Morgan fingerprint density at radius 1 is 0.634 bits per heavy atom. The number of esters is 2. The summed E-state index contributed by atoms with van der Waals surface area (Å²) in [5.41, 5.74) is 5.12.